The van der Waals surface area contributed by atoms with Crippen LogP contribution in [0.4, 0.5) is 17.6 Å². The fourth-order valence-electron chi connectivity index (χ4n) is 2.60. The molecule has 1 aliphatic heterocycles. The number of nitrogens with one attached hydrogen (secondary N) is 1. The Morgan fingerprint density at radius 1 is 1.22 bits per heavy atom. The molecule has 1 aromatic rings. The number of hydrogen-bond acceptors (Lipinski definition) is 2. The first-order chi connectivity index (χ1) is 10.8. The van der Waals surface area contributed by atoms with Crippen molar-refractivity contribution in [2.45, 2.75) is 31.5 Å². The summed E-state index contributed by atoms with van der Waals surface area (Å²) in [6.45, 7) is -1.03. The molecule has 126 valence electrons. The molecule has 8 heteroatoms. The number of rotatable bonds is 4. The Kier molecular flexibility index (Phi) is 5.23. The lowest BCUT2D eigenvalue weighted by atomic mass is 10.0. The van der Waals surface area contributed by atoms with Crippen molar-refractivity contribution >= 4 is 11.8 Å². The molecule has 2 rings (SSSR count). The Labute approximate surface area is 130 Å². The average Bonchev–Trinajstić information content (AvgIpc) is 2.95. The van der Waals surface area contributed by atoms with Gasteiger partial charge in [0.2, 0.25) is 11.8 Å². The number of benzene rings is 1. The highest BCUT2D eigenvalue weighted by Gasteiger charge is 2.32. The molecule has 1 aromatic carbocycles. The van der Waals surface area contributed by atoms with Gasteiger partial charge in [-0.2, -0.15) is 13.2 Å². The van der Waals surface area contributed by atoms with E-state index in [-0.39, 0.29) is 6.04 Å². The summed E-state index contributed by atoms with van der Waals surface area (Å²) in [5.74, 6) is -1.88. The fraction of sp³-hybridized carbons (Fsp3) is 0.467. The largest absolute Gasteiger partial charge is 0.405 e. The summed E-state index contributed by atoms with van der Waals surface area (Å²) < 4.78 is 49.0. The van der Waals surface area contributed by atoms with Gasteiger partial charge in [0.25, 0.3) is 0 Å². The minimum absolute atomic E-state index is 0.279. The van der Waals surface area contributed by atoms with Crippen LogP contribution < -0.4 is 5.32 Å². The number of carbonyl (C=O) groups excluding carboxylic acids is 2. The van der Waals surface area contributed by atoms with Crippen molar-refractivity contribution in [1.29, 1.82) is 0 Å². The van der Waals surface area contributed by atoms with E-state index in [2.05, 4.69) is 0 Å². The highest BCUT2D eigenvalue weighted by atomic mass is 19.4. The number of nitrogens with zero attached hydrogens (tertiary/aromatic N) is 1. The standard InChI is InChI=1S/C15H16F4N2O2/c16-11-5-3-10(4-6-11)12-2-1-7-21(12)14(23)8-13(22)20-9-15(17,18)19/h3-6,12H,1-2,7-9H2,(H,20,22). The number of carbonyl (C=O) groups is 2. The topological polar surface area (TPSA) is 49.4 Å². The summed E-state index contributed by atoms with van der Waals surface area (Å²) >= 11 is 0. The average molecular weight is 332 g/mol. The predicted molar refractivity (Wildman–Crippen MR) is 73.8 cm³/mol. The van der Waals surface area contributed by atoms with Gasteiger partial charge in [0.1, 0.15) is 18.8 Å². The molecule has 1 N–H and O–H groups in total. The monoisotopic (exact) mass is 332 g/mol. The number of amides is 2. The van der Waals surface area contributed by atoms with Gasteiger partial charge < -0.3 is 10.2 Å². The van der Waals surface area contributed by atoms with E-state index in [1.165, 1.54) is 17.0 Å². The smallest absolute Gasteiger partial charge is 0.347 e. The van der Waals surface area contributed by atoms with Crippen molar-refractivity contribution in [3.8, 4) is 0 Å². The zero-order valence-corrected chi connectivity index (χ0v) is 12.2. The van der Waals surface area contributed by atoms with Crippen LogP contribution >= 0.6 is 0 Å². The lowest BCUT2D eigenvalue weighted by molar-refractivity contribution is -0.143. The van der Waals surface area contributed by atoms with Crippen LogP contribution in [0, 0.1) is 5.82 Å². The molecule has 1 heterocycles. The van der Waals surface area contributed by atoms with Crippen molar-refractivity contribution in [1.82, 2.24) is 10.2 Å². The molecule has 0 spiro atoms. The Bertz CT molecular complexity index is 572. The molecule has 4 nitrogen and oxygen atoms in total. The number of likely N-dealkylation sites (tertiary alicyclic amines) is 1. The lowest BCUT2D eigenvalue weighted by Gasteiger charge is -2.25. The van der Waals surface area contributed by atoms with Crippen molar-refractivity contribution in [2.24, 2.45) is 0 Å². The van der Waals surface area contributed by atoms with Gasteiger partial charge in [-0.1, -0.05) is 12.1 Å². The predicted octanol–water partition coefficient (Wildman–Crippen LogP) is 2.56. The molecule has 0 saturated carbocycles. The SMILES string of the molecule is O=C(CC(=O)N1CCCC1c1ccc(F)cc1)NCC(F)(F)F. The summed E-state index contributed by atoms with van der Waals surface area (Å²) in [6.07, 6.45) is -3.75. The van der Waals surface area contributed by atoms with E-state index in [4.69, 9.17) is 0 Å². The molecular weight excluding hydrogens is 316 g/mol. The van der Waals surface area contributed by atoms with E-state index in [0.29, 0.717) is 13.0 Å². The van der Waals surface area contributed by atoms with Gasteiger partial charge in [-0.25, -0.2) is 4.39 Å². The van der Waals surface area contributed by atoms with Crippen LogP contribution in [0.25, 0.3) is 0 Å². The first-order valence-electron chi connectivity index (χ1n) is 7.14. The van der Waals surface area contributed by atoms with E-state index in [0.717, 1.165) is 12.0 Å². The molecule has 1 fully saturated rings. The second-order valence-corrected chi connectivity index (χ2v) is 5.37. The molecule has 2 amide bonds. The molecule has 1 unspecified atom stereocenters. The summed E-state index contributed by atoms with van der Waals surface area (Å²) in [5, 5.41) is 1.68. The molecule has 0 aliphatic carbocycles. The van der Waals surface area contributed by atoms with Crippen molar-refractivity contribution in [3.05, 3.63) is 35.6 Å². The normalized spacial score (nSPS) is 18.1. The van der Waals surface area contributed by atoms with Crippen LogP contribution in [0.1, 0.15) is 30.9 Å². The third-order valence-electron chi connectivity index (χ3n) is 3.63. The lowest BCUT2D eigenvalue weighted by Crippen LogP contribution is -2.38. The minimum atomic E-state index is -4.51. The van der Waals surface area contributed by atoms with E-state index >= 15 is 0 Å². The highest BCUT2D eigenvalue weighted by Crippen LogP contribution is 2.32. The number of halogens is 4. The van der Waals surface area contributed by atoms with Crippen LogP contribution in [0.15, 0.2) is 24.3 Å². The summed E-state index contributed by atoms with van der Waals surface area (Å²) in [5.41, 5.74) is 0.743. The maximum atomic E-state index is 13.0. The van der Waals surface area contributed by atoms with Crippen molar-refractivity contribution < 1.29 is 27.2 Å². The molecule has 23 heavy (non-hydrogen) atoms. The van der Waals surface area contributed by atoms with Gasteiger partial charge >= 0.3 is 6.18 Å². The van der Waals surface area contributed by atoms with Crippen LogP contribution in [0.3, 0.4) is 0 Å². The fourth-order valence-corrected chi connectivity index (χ4v) is 2.60. The van der Waals surface area contributed by atoms with Gasteiger partial charge in [0.05, 0.1) is 6.04 Å². The Balaban J connectivity index is 1.95. The number of hydrogen-bond donors (Lipinski definition) is 1. The summed E-state index contributed by atoms with van der Waals surface area (Å²) in [7, 11) is 0. The van der Waals surface area contributed by atoms with Crippen LogP contribution in [-0.4, -0.2) is 36.0 Å². The second-order valence-electron chi connectivity index (χ2n) is 5.37. The Morgan fingerprint density at radius 3 is 2.48 bits per heavy atom. The first kappa shape index (κ1) is 17.2. The first-order valence-corrected chi connectivity index (χ1v) is 7.14. The molecule has 1 atom stereocenters. The van der Waals surface area contributed by atoms with E-state index in [9.17, 15) is 27.2 Å². The zero-order valence-electron chi connectivity index (χ0n) is 12.2. The zero-order chi connectivity index (χ0) is 17.0. The molecule has 0 radical (unpaired) electrons. The Hall–Kier alpha value is -2.12. The molecule has 0 aromatic heterocycles. The van der Waals surface area contributed by atoms with Gasteiger partial charge in [-0.3, -0.25) is 9.59 Å². The van der Waals surface area contributed by atoms with Crippen LogP contribution in [-0.2, 0) is 9.59 Å². The quantitative estimate of drug-likeness (QED) is 0.680. The Morgan fingerprint density at radius 2 is 1.87 bits per heavy atom. The molecule has 1 saturated heterocycles. The number of alkyl halides is 3. The van der Waals surface area contributed by atoms with Gasteiger partial charge in [-0.15, -0.1) is 0 Å². The van der Waals surface area contributed by atoms with Gasteiger partial charge in [0.15, 0.2) is 0 Å². The second kappa shape index (κ2) is 6.97. The van der Waals surface area contributed by atoms with E-state index in [1.807, 2.05) is 0 Å². The van der Waals surface area contributed by atoms with Crippen LogP contribution in [0.5, 0.6) is 0 Å². The van der Waals surface area contributed by atoms with Gasteiger partial charge in [-0.05, 0) is 30.5 Å². The maximum absolute atomic E-state index is 13.0. The third-order valence-corrected chi connectivity index (χ3v) is 3.63. The molecule has 1 aliphatic rings. The highest BCUT2D eigenvalue weighted by molar-refractivity contribution is 5.97. The van der Waals surface area contributed by atoms with Crippen molar-refractivity contribution in [2.75, 3.05) is 13.1 Å². The third kappa shape index (κ3) is 4.94. The molecular formula is C15H16F4N2O2. The van der Waals surface area contributed by atoms with E-state index in [1.54, 1.807) is 17.4 Å². The summed E-state index contributed by atoms with van der Waals surface area (Å²) in [6, 6.07) is 5.42. The summed E-state index contributed by atoms with van der Waals surface area (Å²) in [4.78, 5) is 25.0. The maximum Gasteiger partial charge on any atom is 0.405 e. The van der Waals surface area contributed by atoms with E-state index < -0.39 is 36.8 Å². The molecule has 0 bridgehead atoms. The van der Waals surface area contributed by atoms with Gasteiger partial charge in [0, 0.05) is 6.54 Å². The van der Waals surface area contributed by atoms with Crippen LogP contribution in [0.2, 0.25) is 0 Å². The van der Waals surface area contributed by atoms with Crippen molar-refractivity contribution in [3.63, 3.8) is 0 Å². The minimum Gasteiger partial charge on any atom is -0.347 e.